The Balaban J connectivity index is 1.74. The number of amides is 1. The van der Waals surface area contributed by atoms with Gasteiger partial charge < -0.3 is 9.42 Å². The fourth-order valence-corrected chi connectivity index (χ4v) is 3.81. The van der Waals surface area contributed by atoms with Crippen LogP contribution in [0.5, 0.6) is 0 Å². The first kappa shape index (κ1) is 14.9. The highest BCUT2D eigenvalue weighted by Gasteiger charge is 2.21. The molecule has 22 heavy (non-hydrogen) atoms. The van der Waals surface area contributed by atoms with Crippen molar-refractivity contribution in [3.8, 4) is 9.88 Å². The predicted octanol–water partition coefficient (Wildman–Crippen LogP) is 3.75. The normalized spacial score (nSPS) is 10.9. The van der Waals surface area contributed by atoms with Crippen LogP contribution >= 0.6 is 22.7 Å². The van der Waals surface area contributed by atoms with Gasteiger partial charge in [-0.05, 0) is 25.3 Å². The zero-order valence-corrected chi connectivity index (χ0v) is 14.1. The zero-order chi connectivity index (χ0) is 15.7. The van der Waals surface area contributed by atoms with E-state index >= 15 is 0 Å². The number of aryl methyl sites for hydroxylation is 2. The molecule has 0 aliphatic rings. The number of hydrogen-bond acceptors (Lipinski definition) is 6. The molecule has 0 unspecified atom stereocenters. The molecule has 0 aliphatic carbocycles. The number of rotatable bonds is 4. The highest BCUT2D eigenvalue weighted by atomic mass is 32.1. The second-order valence-electron chi connectivity index (χ2n) is 4.98. The quantitative estimate of drug-likeness (QED) is 0.729. The summed E-state index contributed by atoms with van der Waals surface area (Å²) in [7, 11) is 1.76. The minimum absolute atomic E-state index is 0.0954. The van der Waals surface area contributed by atoms with Crippen molar-refractivity contribution in [2.45, 2.75) is 20.4 Å². The van der Waals surface area contributed by atoms with Gasteiger partial charge in [-0.3, -0.25) is 4.79 Å². The maximum atomic E-state index is 12.5. The molecule has 0 bridgehead atoms. The van der Waals surface area contributed by atoms with Crippen molar-refractivity contribution in [1.82, 2.24) is 15.0 Å². The predicted molar refractivity (Wildman–Crippen MR) is 87.2 cm³/mol. The van der Waals surface area contributed by atoms with Gasteiger partial charge in [0.25, 0.3) is 5.91 Å². The van der Waals surface area contributed by atoms with Crippen LogP contribution < -0.4 is 0 Å². The SMILES string of the molecule is Cc1noc(C)c1C(=O)N(C)Cc1csc(-c2cccs2)n1. The monoisotopic (exact) mass is 333 g/mol. The maximum absolute atomic E-state index is 12.5. The summed E-state index contributed by atoms with van der Waals surface area (Å²) in [4.78, 5) is 19.9. The van der Waals surface area contributed by atoms with Crippen LogP contribution in [0.2, 0.25) is 0 Å². The standard InChI is InChI=1S/C15H15N3O2S2/c1-9-13(10(2)20-17-9)15(19)18(3)7-11-8-22-14(16-11)12-5-4-6-21-12/h4-6,8H,7H2,1-3H3. The summed E-state index contributed by atoms with van der Waals surface area (Å²) >= 11 is 3.26. The molecule has 0 fully saturated rings. The van der Waals surface area contributed by atoms with Crippen molar-refractivity contribution < 1.29 is 9.32 Å². The van der Waals surface area contributed by atoms with Gasteiger partial charge in [0.1, 0.15) is 16.3 Å². The van der Waals surface area contributed by atoms with E-state index in [2.05, 4.69) is 10.1 Å². The third-order valence-corrected chi connectivity index (χ3v) is 5.21. The maximum Gasteiger partial charge on any atom is 0.259 e. The van der Waals surface area contributed by atoms with E-state index < -0.39 is 0 Å². The Bertz CT molecular complexity index is 770. The van der Waals surface area contributed by atoms with Crippen LogP contribution in [-0.4, -0.2) is 28.0 Å². The average Bonchev–Trinajstić information content (AvgIpc) is 3.20. The Kier molecular flexibility index (Phi) is 4.08. The summed E-state index contributed by atoms with van der Waals surface area (Å²) in [6.45, 7) is 3.99. The van der Waals surface area contributed by atoms with Crippen molar-refractivity contribution in [2.75, 3.05) is 7.05 Å². The van der Waals surface area contributed by atoms with Crippen LogP contribution in [0, 0.1) is 13.8 Å². The number of aromatic nitrogens is 2. The second kappa shape index (κ2) is 6.02. The molecule has 0 saturated carbocycles. The summed E-state index contributed by atoms with van der Waals surface area (Å²) in [6, 6.07) is 4.06. The van der Waals surface area contributed by atoms with Crippen molar-refractivity contribution in [3.63, 3.8) is 0 Å². The molecule has 0 aliphatic heterocycles. The van der Waals surface area contributed by atoms with Gasteiger partial charge in [-0.1, -0.05) is 11.2 Å². The zero-order valence-electron chi connectivity index (χ0n) is 12.5. The number of carbonyl (C=O) groups is 1. The van der Waals surface area contributed by atoms with Crippen LogP contribution in [0.1, 0.15) is 27.5 Å². The Hall–Kier alpha value is -1.99. The third kappa shape index (κ3) is 2.82. The lowest BCUT2D eigenvalue weighted by molar-refractivity contribution is 0.0781. The van der Waals surface area contributed by atoms with Gasteiger partial charge in [0.2, 0.25) is 0 Å². The molecule has 3 heterocycles. The molecule has 0 atom stereocenters. The second-order valence-corrected chi connectivity index (χ2v) is 6.79. The molecule has 3 aromatic heterocycles. The lowest BCUT2D eigenvalue weighted by Gasteiger charge is -2.15. The number of thiazole rings is 1. The van der Waals surface area contributed by atoms with E-state index in [1.165, 1.54) is 0 Å². The molecule has 0 saturated heterocycles. The molecule has 3 aromatic rings. The summed E-state index contributed by atoms with van der Waals surface area (Å²) < 4.78 is 5.06. The molecule has 0 aromatic carbocycles. The average molecular weight is 333 g/mol. The molecule has 7 heteroatoms. The molecule has 0 radical (unpaired) electrons. The van der Waals surface area contributed by atoms with Crippen LogP contribution in [0.4, 0.5) is 0 Å². The highest BCUT2D eigenvalue weighted by Crippen LogP contribution is 2.28. The minimum Gasteiger partial charge on any atom is -0.361 e. The summed E-state index contributed by atoms with van der Waals surface area (Å²) in [5.41, 5.74) is 2.04. The van der Waals surface area contributed by atoms with Crippen LogP contribution in [0.3, 0.4) is 0 Å². The van der Waals surface area contributed by atoms with Gasteiger partial charge in [-0.25, -0.2) is 4.98 Å². The van der Waals surface area contributed by atoms with Crippen molar-refractivity contribution in [2.24, 2.45) is 0 Å². The van der Waals surface area contributed by atoms with Crippen molar-refractivity contribution >= 4 is 28.6 Å². The van der Waals surface area contributed by atoms with Crippen molar-refractivity contribution in [3.05, 3.63) is 45.6 Å². The van der Waals surface area contributed by atoms with Gasteiger partial charge in [-0.15, -0.1) is 22.7 Å². The van der Waals surface area contributed by atoms with E-state index in [4.69, 9.17) is 4.52 Å². The molecule has 1 amide bonds. The lowest BCUT2D eigenvalue weighted by Crippen LogP contribution is -2.27. The fourth-order valence-electron chi connectivity index (χ4n) is 2.19. The first-order chi connectivity index (χ1) is 10.6. The van der Waals surface area contributed by atoms with Gasteiger partial charge in [-0.2, -0.15) is 0 Å². The topological polar surface area (TPSA) is 59.2 Å². The Morgan fingerprint density at radius 3 is 2.82 bits per heavy atom. The van der Waals surface area contributed by atoms with Crippen LogP contribution in [0.15, 0.2) is 27.4 Å². The van der Waals surface area contributed by atoms with Crippen LogP contribution in [-0.2, 0) is 6.54 Å². The van der Waals surface area contributed by atoms with Gasteiger partial charge in [0.05, 0.1) is 22.8 Å². The number of thiophene rings is 1. The van der Waals surface area contributed by atoms with Crippen LogP contribution in [0.25, 0.3) is 9.88 Å². The smallest absolute Gasteiger partial charge is 0.259 e. The van der Waals surface area contributed by atoms with Gasteiger partial charge in [0.15, 0.2) is 0 Å². The Morgan fingerprint density at radius 2 is 2.18 bits per heavy atom. The first-order valence-corrected chi connectivity index (χ1v) is 8.49. The number of hydrogen-bond donors (Lipinski definition) is 0. The largest absolute Gasteiger partial charge is 0.361 e. The first-order valence-electron chi connectivity index (χ1n) is 6.73. The molecule has 3 rings (SSSR count). The van der Waals surface area contributed by atoms with E-state index in [1.807, 2.05) is 22.9 Å². The highest BCUT2D eigenvalue weighted by molar-refractivity contribution is 7.20. The van der Waals surface area contributed by atoms with E-state index in [9.17, 15) is 4.79 Å². The van der Waals surface area contributed by atoms with E-state index in [0.29, 0.717) is 23.6 Å². The number of nitrogens with zero attached hydrogens (tertiary/aromatic N) is 3. The summed E-state index contributed by atoms with van der Waals surface area (Å²) in [5.74, 6) is 0.453. The molecule has 5 nitrogen and oxygen atoms in total. The van der Waals surface area contributed by atoms with E-state index in [1.54, 1.807) is 48.5 Å². The molecular weight excluding hydrogens is 318 g/mol. The fraction of sp³-hybridized carbons (Fsp3) is 0.267. The molecule has 114 valence electrons. The molecule has 0 spiro atoms. The summed E-state index contributed by atoms with van der Waals surface area (Å²) in [6.07, 6.45) is 0. The van der Waals surface area contributed by atoms with Crippen molar-refractivity contribution in [1.29, 1.82) is 0 Å². The Morgan fingerprint density at radius 1 is 1.36 bits per heavy atom. The van der Waals surface area contributed by atoms with Gasteiger partial charge >= 0.3 is 0 Å². The molecule has 0 N–H and O–H groups in total. The molecular formula is C15H15N3O2S2. The van der Waals surface area contributed by atoms with E-state index in [-0.39, 0.29) is 5.91 Å². The Labute approximate surface area is 136 Å². The van der Waals surface area contributed by atoms with E-state index in [0.717, 1.165) is 15.6 Å². The lowest BCUT2D eigenvalue weighted by atomic mass is 10.2. The number of carbonyl (C=O) groups excluding carboxylic acids is 1. The summed E-state index contributed by atoms with van der Waals surface area (Å²) in [5, 5.41) is 8.84. The minimum atomic E-state index is -0.0954. The third-order valence-electron chi connectivity index (χ3n) is 3.28. The van der Waals surface area contributed by atoms with Gasteiger partial charge in [0, 0.05) is 12.4 Å².